The summed E-state index contributed by atoms with van der Waals surface area (Å²) in [6, 6.07) is 25.8. The van der Waals surface area contributed by atoms with Gasteiger partial charge in [0.2, 0.25) is 4.80 Å². The van der Waals surface area contributed by atoms with Crippen LogP contribution in [-0.2, 0) is 20.1 Å². The first kappa shape index (κ1) is 32.2. The molecule has 6 rings (SSSR count). The van der Waals surface area contributed by atoms with Crippen molar-refractivity contribution >= 4 is 45.7 Å². The molecule has 43 heavy (non-hydrogen) atoms. The van der Waals surface area contributed by atoms with Gasteiger partial charge in [0, 0.05) is 62.3 Å². The summed E-state index contributed by atoms with van der Waals surface area (Å²) in [4.78, 5) is 4.81. The van der Waals surface area contributed by atoms with Crippen molar-refractivity contribution in [3.8, 4) is 11.1 Å². The summed E-state index contributed by atoms with van der Waals surface area (Å²) in [5.41, 5.74) is 5.16. The second-order valence-electron chi connectivity index (χ2n) is 10.4. The van der Waals surface area contributed by atoms with Crippen LogP contribution < -0.4 is 18.8 Å². The van der Waals surface area contributed by atoms with Crippen molar-refractivity contribution in [2.45, 2.75) is 58.0 Å². The van der Waals surface area contributed by atoms with E-state index in [4.69, 9.17) is 0 Å². The van der Waals surface area contributed by atoms with Gasteiger partial charge in [0.1, 0.15) is 13.1 Å². The molecular formula is C35H44N6S2+2. The highest BCUT2D eigenvalue weighted by Crippen LogP contribution is 2.37. The maximum absolute atomic E-state index is 3.94. The molecule has 2 aromatic carbocycles. The molecule has 0 radical (unpaired) electrons. The Balaban J connectivity index is 0.000000253. The van der Waals surface area contributed by atoms with Crippen LogP contribution in [0.1, 0.15) is 40.0 Å². The molecule has 0 saturated carbocycles. The van der Waals surface area contributed by atoms with E-state index in [9.17, 15) is 0 Å². The van der Waals surface area contributed by atoms with Crippen LogP contribution in [0.4, 0.5) is 5.69 Å². The smallest absolute Gasteiger partial charge is 0.211 e. The summed E-state index contributed by atoms with van der Waals surface area (Å²) in [5, 5.41) is 7.47. The van der Waals surface area contributed by atoms with Crippen LogP contribution in [0.5, 0.6) is 0 Å². The Kier molecular flexibility index (Phi) is 12.1. The number of pyridine rings is 2. The SMILES string of the molecule is C.C=N/N=c1/sc2ccccc2n1C.CCCC[n+]1ccc(-c2cc[n+](CCCCN3CSc4ccccc43)cc2)cc1. The van der Waals surface area contributed by atoms with Gasteiger partial charge in [-0.05, 0) is 41.8 Å². The van der Waals surface area contributed by atoms with E-state index in [1.165, 1.54) is 57.6 Å². The van der Waals surface area contributed by atoms with Crippen LogP contribution in [0.25, 0.3) is 21.3 Å². The zero-order valence-corrected chi connectivity index (χ0v) is 26.2. The van der Waals surface area contributed by atoms with Crippen molar-refractivity contribution in [3.05, 3.63) is 102 Å². The van der Waals surface area contributed by atoms with E-state index in [1.807, 2.05) is 35.5 Å². The van der Waals surface area contributed by atoms with Crippen molar-refractivity contribution in [2.75, 3.05) is 17.3 Å². The molecular weight excluding hydrogens is 569 g/mol. The summed E-state index contributed by atoms with van der Waals surface area (Å²) >= 11 is 3.56. The predicted molar refractivity (Wildman–Crippen MR) is 184 cm³/mol. The lowest BCUT2D eigenvalue weighted by atomic mass is 10.1. The van der Waals surface area contributed by atoms with E-state index < -0.39 is 0 Å². The highest BCUT2D eigenvalue weighted by molar-refractivity contribution is 7.99. The number of aromatic nitrogens is 3. The van der Waals surface area contributed by atoms with Crippen LogP contribution in [0.3, 0.4) is 0 Å². The summed E-state index contributed by atoms with van der Waals surface area (Å²) in [5.74, 6) is 1.09. The van der Waals surface area contributed by atoms with Crippen molar-refractivity contribution in [3.63, 3.8) is 0 Å². The second-order valence-corrected chi connectivity index (χ2v) is 12.4. The van der Waals surface area contributed by atoms with Crippen molar-refractivity contribution in [2.24, 2.45) is 17.3 Å². The first-order chi connectivity index (χ1) is 20.7. The molecule has 4 heterocycles. The molecule has 0 N–H and O–H groups in total. The Morgan fingerprint density at radius 1 is 0.814 bits per heavy atom. The summed E-state index contributed by atoms with van der Waals surface area (Å²) in [6.45, 7) is 8.90. The molecule has 6 nitrogen and oxygen atoms in total. The number of thioether (sulfide) groups is 1. The average molecular weight is 613 g/mol. The van der Waals surface area contributed by atoms with Crippen LogP contribution in [-0.4, -0.2) is 23.7 Å². The molecule has 0 spiro atoms. The van der Waals surface area contributed by atoms with Gasteiger partial charge >= 0.3 is 0 Å². The summed E-state index contributed by atoms with van der Waals surface area (Å²) in [6.07, 6.45) is 13.7. The molecule has 5 aromatic rings. The molecule has 0 aliphatic carbocycles. The fourth-order valence-electron chi connectivity index (χ4n) is 5.02. The topological polar surface area (TPSA) is 40.7 Å². The summed E-state index contributed by atoms with van der Waals surface area (Å²) < 4.78 is 7.80. The molecule has 1 aliphatic rings. The lowest BCUT2D eigenvalue weighted by molar-refractivity contribution is -0.697. The van der Waals surface area contributed by atoms with Crippen LogP contribution in [0, 0.1) is 0 Å². The fourth-order valence-corrected chi connectivity index (χ4v) is 7.09. The molecule has 0 unspecified atom stereocenters. The van der Waals surface area contributed by atoms with Gasteiger partial charge in [0.05, 0.1) is 21.8 Å². The Hall–Kier alpha value is -3.75. The number of aryl methyl sites for hydroxylation is 3. The number of para-hydroxylation sites is 2. The normalized spacial score (nSPS) is 12.4. The molecule has 3 aromatic heterocycles. The van der Waals surface area contributed by atoms with E-state index >= 15 is 0 Å². The molecule has 0 amide bonds. The maximum Gasteiger partial charge on any atom is 0.211 e. The standard InChI is InChI=1S/C25H31N3S.C9H9N3S.CH4/c1-2-3-14-26-17-10-22(11-18-26)23-12-19-27(20-13-23)15-6-7-16-28-21-29-25-9-5-4-8-24(25)28;1-10-11-9-12(2)7-5-3-4-6-8(7)13-9;/h4-5,8-13,17-20H,2-3,6-7,14-16,21H2,1H3;3-6H,1H2,2H3;1H4/q+2;;/b;11-9+;. The minimum atomic E-state index is 0. The molecule has 0 fully saturated rings. The van der Waals surface area contributed by atoms with Crippen molar-refractivity contribution in [1.29, 1.82) is 0 Å². The van der Waals surface area contributed by atoms with Gasteiger partial charge in [0.25, 0.3) is 0 Å². The number of nitrogens with zero attached hydrogens (tertiary/aromatic N) is 6. The molecule has 0 bridgehead atoms. The van der Waals surface area contributed by atoms with Gasteiger partial charge in [-0.1, -0.05) is 56.4 Å². The Bertz CT molecular complexity index is 1650. The Morgan fingerprint density at radius 2 is 1.44 bits per heavy atom. The zero-order valence-electron chi connectivity index (χ0n) is 24.6. The zero-order chi connectivity index (χ0) is 29.1. The molecule has 1 aliphatic heterocycles. The number of benzene rings is 2. The minimum absolute atomic E-state index is 0. The highest BCUT2D eigenvalue weighted by Gasteiger charge is 2.18. The van der Waals surface area contributed by atoms with E-state index in [0.717, 1.165) is 30.3 Å². The van der Waals surface area contributed by atoms with Crippen molar-refractivity contribution < 1.29 is 9.13 Å². The average Bonchev–Trinajstić information content (AvgIpc) is 3.60. The van der Waals surface area contributed by atoms with Crippen LogP contribution in [0.2, 0.25) is 0 Å². The third-order valence-corrected chi connectivity index (χ3v) is 9.63. The maximum atomic E-state index is 3.94. The molecule has 0 saturated heterocycles. The number of thiazole rings is 1. The number of hydrogen-bond acceptors (Lipinski definition) is 5. The monoisotopic (exact) mass is 612 g/mol. The molecule has 8 heteroatoms. The van der Waals surface area contributed by atoms with Gasteiger partial charge in [-0.3, -0.25) is 0 Å². The third-order valence-electron chi connectivity index (χ3n) is 7.43. The number of fused-ring (bicyclic) bond motifs is 2. The second kappa shape index (κ2) is 16.2. The Labute approximate surface area is 264 Å². The summed E-state index contributed by atoms with van der Waals surface area (Å²) in [7, 11) is 1.98. The van der Waals surface area contributed by atoms with Gasteiger partial charge in [-0.15, -0.1) is 16.9 Å². The number of unbranched alkanes of at least 4 members (excludes halogenated alkanes) is 2. The van der Waals surface area contributed by atoms with Crippen LogP contribution in [0.15, 0.2) is 113 Å². The van der Waals surface area contributed by atoms with Gasteiger partial charge in [-0.25, -0.2) is 9.13 Å². The quantitative estimate of drug-likeness (QED) is 0.0711. The van der Waals surface area contributed by atoms with E-state index in [2.05, 4.69) is 123 Å². The van der Waals surface area contributed by atoms with Gasteiger partial charge < -0.3 is 9.47 Å². The first-order valence-electron chi connectivity index (χ1n) is 14.7. The van der Waals surface area contributed by atoms with E-state index in [1.54, 1.807) is 11.3 Å². The fraction of sp³-hybridized carbons (Fsp3) is 0.314. The largest absolute Gasteiger partial charge is 0.361 e. The van der Waals surface area contributed by atoms with Crippen molar-refractivity contribution in [1.82, 2.24) is 4.57 Å². The third kappa shape index (κ3) is 8.42. The number of rotatable bonds is 10. The van der Waals surface area contributed by atoms with E-state index in [-0.39, 0.29) is 7.43 Å². The van der Waals surface area contributed by atoms with Gasteiger partial charge in [0.15, 0.2) is 24.8 Å². The first-order valence-corrected chi connectivity index (χ1v) is 16.5. The predicted octanol–water partition coefficient (Wildman–Crippen LogP) is 7.47. The lowest BCUT2D eigenvalue weighted by Gasteiger charge is -2.17. The number of anilines is 1. The van der Waals surface area contributed by atoms with Crippen LogP contribution >= 0.6 is 23.1 Å². The highest BCUT2D eigenvalue weighted by atomic mass is 32.2. The Morgan fingerprint density at radius 3 is 2.09 bits per heavy atom. The molecule has 0 atom stereocenters. The lowest BCUT2D eigenvalue weighted by Crippen LogP contribution is -2.33. The van der Waals surface area contributed by atoms with E-state index in [0.29, 0.717) is 0 Å². The minimum Gasteiger partial charge on any atom is -0.361 e. The number of hydrogen-bond donors (Lipinski definition) is 0. The van der Waals surface area contributed by atoms with Gasteiger partial charge in [-0.2, -0.15) is 5.10 Å². The molecule has 224 valence electrons.